The van der Waals surface area contributed by atoms with Crippen molar-refractivity contribution in [2.45, 2.75) is 44.9 Å². The second-order valence-electron chi connectivity index (χ2n) is 6.40. The molecule has 0 bridgehead atoms. The Kier molecular flexibility index (Phi) is 5.63. The first-order valence-electron chi connectivity index (χ1n) is 8.69. The van der Waals surface area contributed by atoms with Crippen LogP contribution < -0.4 is 11.0 Å². The Labute approximate surface area is 155 Å². The molecule has 7 nitrogen and oxygen atoms in total. The second kappa shape index (κ2) is 7.92. The van der Waals surface area contributed by atoms with Crippen molar-refractivity contribution in [3.8, 4) is 0 Å². The molecule has 1 unspecified atom stereocenters. The molecule has 0 saturated heterocycles. The fraction of sp³-hybridized carbons (Fsp3) is 0.389. The Morgan fingerprint density at radius 3 is 2.65 bits per heavy atom. The van der Waals surface area contributed by atoms with E-state index in [9.17, 15) is 9.35 Å². The zero-order chi connectivity index (χ0) is 18.7. The predicted octanol–water partition coefficient (Wildman–Crippen LogP) is 2.51. The van der Waals surface area contributed by atoms with E-state index >= 15 is 0 Å². The first-order valence-corrected chi connectivity index (χ1v) is 10.0. The molecule has 0 aliphatic carbocycles. The van der Waals surface area contributed by atoms with Crippen molar-refractivity contribution < 1.29 is 4.55 Å². The van der Waals surface area contributed by atoms with Gasteiger partial charge in [-0.25, -0.2) is 4.79 Å². The lowest BCUT2D eigenvalue weighted by molar-refractivity contribution is 0.585. The molecule has 0 aliphatic heterocycles. The number of benzene rings is 1. The van der Waals surface area contributed by atoms with Gasteiger partial charge in [0, 0.05) is 17.2 Å². The van der Waals surface area contributed by atoms with Gasteiger partial charge in [0.15, 0.2) is 11.5 Å². The highest BCUT2D eigenvalue weighted by molar-refractivity contribution is 7.91. The molecule has 0 aliphatic rings. The Balaban J connectivity index is 2.14. The molecule has 0 amide bonds. The van der Waals surface area contributed by atoms with E-state index in [1.807, 2.05) is 51.1 Å². The molecule has 0 saturated carbocycles. The Bertz CT molecular complexity index is 936. The molecule has 138 valence electrons. The first kappa shape index (κ1) is 18.5. The van der Waals surface area contributed by atoms with Gasteiger partial charge in [0.25, 0.3) is 0 Å². The Hall–Kier alpha value is -2.32. The van der Waals surface area contributed by atoms with E-state index in [0.717, 1.165) is 12.0 Å². The summed E-state index contributed by atoms with van der Waals surface area (Å²) in [6, 6.07) is 9.81. The number of nitrogens with one attached hydrogen (secondary N) is 2. The highest BCUT2D eigenvalue weighted by atomic mass is 32.2. The number of hydrogen-bond donors (Lipinski definition) is 2. The summed E-state index contributed by atoms with van der Waals surface area (Å²) in [7, 11) is 0. The minimum Gasteiger partial charge on any atom is -0.609 e. The number of fused-ring (bicyclic) bond motifs is 1. The molecule has 0 fully saturated rings. The van der Waals surface area contributed by atoms with Crippen molar-refractivity contribution in [1.29, 1.82) is 0 Å². The Morgan fingerprint density at radius 1 is 1.27 bits per heavy atom. The number of hydrogen-bond acceptors (Lipinski definition) is 5. The molecule has 1 atom stereocenters. The quantitative estimate of drug-likeness (QED) is 0.490. The van der Waals surface area contributed by atoms with Gasteiger partial charge in [-0.15, -0.1) is 0 Å². The van der Waals surface area contributed by atoms with E-state index in [1.165, 1.54) is 0 Å². The number of anilines is 1. The van der Waals surface area contributed by atoms with Crippen LogP contribution in [0.2, 0.25) is 0 Å². The lowest BCUT2D eigenvalue weighted by atomic mass is 10.2. The van der Waals surface area contributed by atoms with Crippen LogP contribution in [0.3, 0.4) is 0 Å². The number of H-pyrrole nitrogens is 1. The number of nitrogens with zero attached hydrogens (tertiary/aromatic N) is 3. The second-order valence-corrected chi connectivity index (χ2v) is 7.87. The van der Waals surface area contributed by atoms with Crippen LogP contribution in [0.4, 0.5) is 5.82 Å². The number of aromatic amines is 1. The topological polar surface area (TPSA) is 98.7 Å². The SMILES string of the molecule is CCC[S+]([O-])c1nc(NC(C)C)c2[nH]c(=O)n(Cc3ccccc3)c2n1. The molecule has 1 aromatic carbocycles. The summed E-state index contributed by atoms with van der Waals surface area (Å²) in [4.78, 5) is 24.2. The van der Waals surface area contributed by atoms with Crippen LogP contribution in [0.5, 0.6) is 0 Å². The molecule has 0 radical (unpaired) electrons. The van der Waals surface area contributed by atoms with Crippen molar-refractivity contribution in [2.24, 2.45) is 0 Å². The third-order valence-electron chi connectivity index (χ3n) is 3.80. The van der Waals surface area contributed by atoms with E-state index in [2.05, 4.69) is 20.3 Å². The minimum absolute atomic E-state index is 0.113. The smallest absolute Gasteiger partial charge is 0.346 e. The normalized spacial score (nSPS) is 12.7. The molecule has 2 N–H and O–H groups in total. The molecular weight excluding hydrogens is 350 g/mol. The monoisotopic (exact) mass is 373 g/mol. The molecule has 2 heterocycles. The van der Waals surface area contributed by atoms with Gasteiger partial charge in [0.05, 0.1) is 6.54 Å². The van der Waals surface area contributed by atoms with Gasteiger partial charge in [0.2, 0.25) is 0 Å². The summed E-state index contributed by atoms with van der Waals surface area (Å²) in [6.45, 7) is 6.31. The van der Waals surface area contributed by atoms with Crippen molar-refractivity contribution in [1.82, 2.24) is 19.5 Å². The first-order chi connectivity index (χ1) is 12.5. The van der Waals surface area contributed by atoms with Crippen molar-refractivity contribution >= 4 is 28.2 Å². The summed E-state index contributed by atoms with van der Waals surface area (Å²) in [6.07, 6.45) is 0.769. The van der Waals surface area contributed by atoms with E-state index in [1.54, 1.807) is 4.57 Å². The highest BCUT2D eigenvalue weighted by Crippen LogP contribution is 2.21. The maximum Gasteiger partial charge on any atom is 0.346 e. The third kappa shape index (κ3) is 3.91. The zero-order valence-electron chi connectivity index (χ0n) is 15.2. The van der Waals surface area contributed by atoms with Gasteiger partial charge < -0.3 is 14.9 Å². The lowest BCUT2D eigenvalue weighted by Crippen LogP contribution is -2.18. The average molecular weight is 373 g/mol. The Morgan fingerprint density at radius 2 is 2.00 bits per heavy atom. The van der Waals surface area contributed by atoms with Gasteiger partial charge in [-0.05, 0) is 25.8 Å². The highest BCUT2D eigenvalue weighted by Gasteiger charge is 2.22. The van der Waals surface area contributed by atoms with E-state index in [4.69, 9.17) is 0 Å². The standard InChI is InChI=1S/C18H23N5O2S/c1-4-10-26(25)17-21-15(19-12(2)3)14-16(22-17)23(18(24)20-14)11-13-8-6-5-7-9-13/h5-9,12H,4,10-11H2,1-3H3,(H,20,24)(H,19,21,22). The van der Waals surface area contributed by atoms with Crippen molar-refractivity contribution in [3.05, 3.63) is 46.4 Å². The van der Waals surface area contributed by atoms with Crippen LogP contribution in [0.1, 0.15) is 32.8 Å². The van der Waals surface area contributed by atoms with Crippen LogP contribution in [-0.4, -0.2) is 35.9 Å². The summed E-state index contributed by atoms with van der Waals surface area (Å²) in [5, 5.41) is 3.47. The van der Waals surface area contributed by atoms with E-state index in [-0.39, 0.29) is 16.9 Å². The third-order valence-corrected chi connectivity index (χ3v) is 5.17. The van der Waals surface area contributed by atoms with Crippen molar-refractivity contribution in [2.75, 3.05) is 11.1 Å². The molecule has 3 rings (SSSR count). The number of aromatic nitrogens is 4. The molecule has 26 heavy (non-hydrogen) atoms. The molecule has 3 aromatic rings. The lowest BCUT2D eigenvalue weighted by Gasteiger charge is -2.13. The van der Waals surface area contributed by atoms with Crippen molar-refractivity contribution in [3.63, 3.8) is 0 Å². The average Bonchev–Trinajstić information content (AvgIpc) is 2.92. The minimum atomic E-state index is -1.30. The summed E-state index contributed by atoms with van der Waals surface area (Å²) >= 11 is -1.30. The van der Waals surface area contributed by atoms with E-state index < -0.39 is 11.2 Å². The summed E-state index contributed by atoms with van der Waals surface area (Å²) in [5.74, 6) is 0.994. The summed E-state index contributed by atoms with van der Waals surface area (Å²) < 4.78 is 14.0. The molecular formula is C18H23N5O2S. The van der Waals surface area contributed by atoms with Crippen LogP contribution in [0.15, 0.2) is 40.3 Å². The van der Waals surface area contributed by atoms with E-state index in [0.29, 0.717) is 29.3 Å². The van der Waals surface area contributed by atoms with Crippen LogP contribution in [0.25, 0.3) is 11.2 Å². The van der Waals surface area contributed by atoms with Crippen LogP contribution in [0, 0.1) is 0 Å². The van der Waals surface area contributed by atoms with Gasteiger partial charge in [-0.1, -0.05) is 37.3 Å². The largest absolute Gasteiger partial charge is 0.609 e. The fourth-order valence-electron chi connectivity index (χ4n) is 2.68. The van der Waals surface area contributed by atoms with Crippen LogP contribution >= 0.6 is 0 Å². The predicted molar refractivity (Wildman–Crippen MR) is 104 cm³/mol. The van der Waals surface area contributed by atoms with Gasteiger partial charge in [-0.3, -0.25) is 4.57 Å². The molecule has 2 aromatic heterocycles. The maximum absolute atomic E-state index is 12.5. The zero-order valence-corrected chi connectivity index (χ0v) is 16.0. The number of imidazole rings is 1. The van der Waals surface area contributed by atoms with Gasteiger partial charge >= 0.3 is 10.8 Å². The van der Waals surface area contributed by atoms with Gasteiger partial charge in [0.1, 0.15) is 11.3 Å². The fourth-order valence-corrected chi connectivity index (χ4v) is 3.61. The van der Waals surface area contributed by atoms with Crippen LogP contribution in [-0.2, 0) is 17.7 Å². The molecule has 8 heteroatoms. The number of rotatable bonds is 7. The van der Waals surface area contributed by atoms with Gasteiger partial charge in [-0.2, -0.15) is 9.97 Å². The maximum atomic E-state index is 12.5. The summed E-state index contributed by atoms with van der Waals surface area (Å²) in [5.41, 5.74) is 1.74. The molecule has 0 spiro atoms.